The summed E-state index contributed by atoms with van der Waals surface area (Å²) in [6, 6.07) is 8.65. The van der Waals surface area contributed by atoms with Gasteiger partial charge in [0.15, 0.2) is 0 Å². The summed E-state index contributed by atoms with van der Waals surface area (Å²) >= 11 is 0. The normalized spacial score (nSPS) is 21.7. The Hall–Kier alpha value is -1.55. The van der Waals surface area contributed by atoms with Gasteiger partial charge in [-0.2, -0.15) is 0 Å². The topological polar surface area (TPSA) is 35.6 Å². The van der Waals surface area contributed by atoms with Crippen molar-refractivity contribution in [1.82, 2.24) is 10.2 Å². The maximum absolute atomic E-state index is 12.2. The molecule has 2 aliphatic rings. The number of hydrogen-bond donors (Lipinski definition) is 1. The van der Waals surface area contributed by atoms with E-state index in [0.717, 1.165) is 58.4 Å². The van der Waals surface area contributed by atoms with E-state index in [-0.39, 0.29) is 11.8 Å². The molecule has 3 rings (SSSR count). The van der Waals surface area contributed by atoms with Crippen LogP contribution in [0.3, 0.4) is 0 Å². The molecule has 1 aromatic rings. The molecule has 2 aliphatic heterocycles. The Bertz CT molecular complexity index is 517. The highest BCUT2D eigenvalue weighted by Gasteiger charge is 2.23. The van der Waals surface area contributed by atoms with Crippen molar-refractivity contribution in [2.45, 2.75) is 25.7 Å². The lowest BCUT2D eigenvalue weighted by molar-refractivity contribution is -0.126. The molecule has 4 nitrogen and oxygen atoms in total. The molecule has 1 atom stereocenters. The van der Waals surface area contributed by atoms with Gasteiger partial charge in [-0.25, -0.2) is 0 Å². The first-order chi connectivity index (χ1) is 10.7. The molecular formula is C18H27N3O. The molecule has 1 amide bonds. The lowest BCUT2D eigenvalue weighted by atomic mass is 9.97. The van der Waals surface area contributed by atoms with E-state index in [0.29, 0.717) is 0 Å². The highest BCUT2D eigenvalue weighted by molar-refractivity contribution is 5.78. The van der Waals surface area contributed by atoms with Crippen molar-refractivity contribution in [3.05, 3.63) is 29.8 Å². The number of piperidine rings is 1. The first-order valence-electron chi connectivity index (χ1n) is 8.53. The first-order valence-corrected chi connectivity index (χ1v) is 8.53. The van der Waals surface area contributed by atoms with Gasteiger partial charge in [-0.05, 0) is 50.9 Å². The van der Waals surface area contributed by atoms with Crippen LogP contribution >= 0.6 is 0 Å². The van der Waals surface area contributed by atoms with Crippen molar-refractivity contribution in [3.8, 4) is 0 Å². The van der Waals surface area contributed by atoms with Crippen LogP contribution in [0.4, 0.5) is 5.69 Å². The van der Waals surface area contributed by atoms with Gasteiger partial charge in [-0.15, -0.1) is 0 Å². The second-order valence-corrected chi connectivity index (χ2v) is 6.61. The maximum Gasteiger partial charge on any atom is 0.224 e. The zero-order chi connectivity index (χ0) is 15.4. The largest absolute Gasteiger partial charge is 0.371 e. The maximum atomic E-state index is 12.2. The summed E-state index contributed by atoms with van der Waals surface area (Å²) in [5.74, 6) is 0.430. The summed E-state index contributed by atoms with van der Waals surface area (Å²) < 4.78 is 0. The van der Waals surface area contributed by atoms with Crippen LogP contribution in [0.2, 0.25) is 0 Å². The van der Waals surface area contributed by atoms with Crippen molar-refractivity contribution < 1.29 is 4.79 Å². The number of benzene rings is 1. The second kappa shape index (κ2) is 7.14. The van der Waals surface area contributed by atoms with E-state index in [1.807, 2.05) is 0 Å². The van der Waals surface area contributed by atoms with Crippen molar-refractivity contribution in [2.24, 2.45) is 5.92 Å². The molecule has 0 bridgehead atoms. The van der Waals surface area contributed by atoms with E-state index in [9.17, 15) is 4.79 Å². The number of rotatable bonds is 5. The van der Waals surface area contributed by atoms with Gasteiger partial charge in [-0.3, -0.25) is 4.79 Å². The Balaban J connectivity index is 1.38. The van der Waals surface area contributed by atoms with Crippen molar-refractivity contribution in [1.29, 1.82) is 0 Å². The van der Waals surface area contributed by atoms with E-state index in [1.54, 1.807) is 0 Å². The number of fused-ring (bicyclic) bond motifs is 1. The molecule has 0 radical (unpaired) electrons. The lowest BCUT2D eigenvalue weighted by Crippen LogP contribution is -2.42. The van der Waals surface area contributed by atoms with Crippen LogP contribution in [0.15, 0.2) is 24.3 Å². The molecule has 4 heteroatoms. The monoisotopic (exact) mass is 301 g/mol. The number of nitrogens with one attached hydrogen (secondary N) is 1. The van der Waals surface area contributed by atoms with Gasteiger partial charge in [0.2, 0.25) is 5.91 Å². The molecule has 0 spiro atoms. The fourth-order valence-electron chi connectivity index (χ4n) is 3.65. The molecule has 1 fully saturated rings. The Morgan fingerprint density at radius 3 is 3.05 bits per heavy atom. The van der Waals surface area contributed by atoms with E-state index >= 15 is 0 Å². The molecule has 22 heavy (non-hydrogen) atoms. The fraction of sp³-hybridized carbons (Fsp3) is 0.611. The molecule has 0 aromatic heterocycles. The molecule has 120 valence electrons. The van der Waals surface area contributed by atoms with Gasteiger partial charge in [0.25, 0.3) is 0 Å². The molecule has 1 N–H and O–H groups in total. The van der Waals surface area contributed by atoms with Gasteiger partial charge >= 0.3 is 0 Å². The second-order valence-electron chi connectivity index (χ2n) is 6.61. The SMILES string of the molecule is CN1CCCC(C(=O)NCCCN2CCc3ccccc32)C1. The number of carbonyl (C=O) groups excluding carboxylic acids is 1. The average Bonchev–Trinajstić information content (AvgIpc) is 2.95. The summed E-state index contributed by atoms with van der Waals surface area (Å²) in [6.07, 6.45) is 4.34. The number of carbonyl (C=O) groups is 1. The average molecular weight is 301 g/mol. The van der Waals surface area contributed by atoms with Crippen LogP contribution < -0.4 is 10.2 Å². The van der Waals surface area contributed by atoms with Crippen LogP contribution in [0.5, 0.6) is 0 Å². The number of anilines is 1. The van der Waals surface area contributed by atoms with Gasteiger partial charge in [-0.1, -0.05) is 18.2 Å². The van der Waals surface area contributed by atoms with Crippen molar-refractivity contribution in [2.75, 3.05) is 44.7 Å². The van der Waals surface area contributed by atoms with Crippen LogP contribution in [-0.2, 0) is 11.2 Å². The molecule has 0 saturated carbocycles. The van der Waals surface area contributed by atoms with Crippen LogP contribution in [0.25, 0.3) is 0 Å². The number of para-hydroxylation sites is 1. The molecule has 1 saturated heterocycles. The predicted octanol–water partition coefficient (Wildman–Crippen LogP) is 1.90. The first kappa shape index (κ1) is 15.3. The van der Waals surface area contributed by atoms with Crippen LogP contribution in [-0.4, -0.2) is 50.6 Å². The summed E-state index contributed by atoms with van der Waals surface area (Å²) in [5.41, 5.74) is 2.83. The zero-order valence-electron chi connectivity index (χ0n) is 13.6. The molecule has 1 aromatic carbocycles. The third-order valence-electron chi connectivity index (χ3n) is 4.88. The van der Waals surface area contributed by atoms with E-state index in [2.05, 4.69) is 46.4 Å². The lowest BCUT2D eigenvalue weighted by Gasteiger charge is -2.28. The number of hydrogen-bond acceptors (Lipinski definition) is 3. The molecule has 0 aliphatic carbocycles. The quantitative estimate of drug-likeness (QED) is 0.844. The standard InChI is InChI=1S/C18H27N3O/c1-20-11-4-7-16(14-20)18(22)19-10-5-12-21-13-9-15-6-2-3-8-17(15)21/h2-3,6,8,16H,4-5,7,9-14H2,1H3,(H,19,22). The number of nitrogens with zero attached hydrogens (tertiary/aromatic N) is 2. The van der Waals surface area contributed by atoms with E-state index in [4.69, 9.17) is 0 Å². The van der Waals surface area contributed by atoms with Gasteiger partial charge in [0.1, 0.15) is 0 Å². The molecule has 2 heterocycles. The van der Waals surface area contributed by atoms with E-state index < -0.39 is 0 Å². The fourth-order valence-corrected chi connectivity index (χ4v) is 3.65. The van der Waals surface area contributed by atoms with Crippen LogP contribution in [0, 0.1) is 5.92 Å². The molecular weight excluding hydrogens is 274 g/mol. The summed E-state index contributed by atoms with van der Waals surface area (Å²) in [5, 5.41) is 3.13. The minimum Gasteiger partial charge on any atom is -0.371 e. The van der Waals surface area contributed by atoms with Gasteiger partial charge < -0.3 is 15.1 Å². The number of likely N-dealkylation sites (tertiary alicyclic amines) is 1. The smallest absolute Gasteiger partial charge is 0.224 e. The van der Waals surface area contributed by atoms with Crippen molar-refractivity contribution >= 4 is 11.6 Å². The summed E-state index contributed by atoms with van der Waals surface area (Å²) in [6.45, 7) is 4.96. The summed E-state index contributed by atoms with van der Waals surface area (Å²) in [4.78, 5) is 16.9. The van der Waals surface area contributed by atoms with Crippen LogP contribution in [0.1, 0.15) is 24.8 Å². The van der Waals surface area contributed by atoms with Crippen molar-refractivity contribution in [3.63, 3.8) is 0 Å². The predicted molar refractivity (Wildman–Crippen MR) is 90.2 cm³/mol. The van der Waals surface area contributed by atoms with Gasteiger partial charge in [0, 0.05) is 31.9 Å². The number of amides is 1. The van der Waals surface area contributed by atoms with Gasteiger partial charge in [0.05, 0.1) is 5.92 Å². The van der Waals surface area contributed by atoms with E-state index in [1.165, 1.54) is 11.3 Å². The Morgan fingerprint density at radius 2 is 2.18 bits per heavy atom. The highest BCUT2D eigenvalue weighted by atomic mass is 16.1. The minimum absolute atomic E-state index is 0.186. The summed E-state index contributed by atoms with van der Waals surface area (Å²) in [7, 11) is 2.10. The Labute approximate surface area is 133 Å². The third-order valence-corrected chi connectivity index (χ3v) is 4.88. The third kappa shape index (κ3) is 3.61. The Kier molecular flexibility index (Phi) is 4.98. The minimum atomic E-state index is 0.186. The highest BCUT2D eigenvalue weighted by Crippen LogP contribution is 2.27. The zero-order valence-corrected chi connectivity index (χ0v) is 13.6. The Morgan fingerprint density at radius 1 is 1.32 bits per heavy atom. The molecule has 1 unspecified atom stereocenters.